The van der Waals surface area contributed by atoms with E-state index in [1.807, 2.05) is 0 Å². The molecule has 0 spiro atoms. The summed E-state index contributed by atoms with van der Waals surface area (Å²) in [6.07, 6.45) is 0. The molecule has 1 aromatic heterocycles. The number of nitrogens with two attached hydrogens (primary N) is 2. The van der Waals surface area contributed by atoms with Crippen LogP contribution in [-0.4, -0.2) is 36.4 Å². The number of nitrogens with one attached hydrogen (secondary N) is 2. The maximum atomic E-state index is 11.9. The number of H-pyrrole nitrogens is 1. The fourth-order valence-electron chi connectivity index (χ4n) is 1.71. The molecule has 8 nitrogen and oxygen atoms in total. The van der Waals surface area contributed by atoms with Crippen LogP contribution < -0.4 is 21.5 Å². The number of aromatic nitrogens is 1. The number of carbonyl (C=O) groups excluding carboxylic acids is 2. The molecule has 0 radical (unpaired) electrons. The van der Waals surface area contributed by atoms with Crippen molar-refractivity contribution in [1.82, 2.24) is 10.3 Å². The van der Waals surface area contributed by atoms with Crippen LogP contribution in [0.25, 0.3) is 10.9 Å². The van der Waals surface area contributed by atoms with Gasteiger partial charge >= 0.3 is 0 Å². The lowest BCUT2D eigenvalue weighted by atomic mass is 10.2. The van der Waals surface area contributed by atoms with Crippen molar-refractivity contribution in [1.29, 1.82) is 0 Å². The molecule has 0 saturated carbocycles. The molecule has 1 aromatic carbocycles. The molecule has 0 aliphatic carbocycles. The van der Waals surface area contributed by atoms with E-state index >= 15 is 0 Å². The topological polar surface area (TPSA) is 136 Å². The third-order valence-electron chi connectivity index (χ3n) is 2.70. The number of primary amides is 1. The van der Waals surface area contributed by atoms with E-state index in [4.69, 9.17) is 16.2 Å². The third-order valence-corrected chi connectivity index (χ3v) is 2.70. The van der Waals surface area contributed by atoms with Gasteiger partial charge in [0.1, 0.15) is 11.4 Å². The fourth-order valence-corrected chi connectivity index (χ4v) is 1.71. The summed E-state index contributed by atoms with van der Waals surface area (Å²) in [6.45, 7) is -0.205. The summed E-state index contributed by atoms with van der Waals surface area (Å²) in [5.41, 5.74) is 11.5. The first-order chi connectivity index (χ1) is 9.99. The van der Waals surface area contributed by atoms with E-state index in [-0.39, 0.29) is 37.4 Å². The number of rotatable bonds is 4. The number of aliphatic imine (C=N–C) groups is 1. The van der Waals surface area contributed by atoms with Crippen molar-refractivity contribution in [3.63, 3.8) is 0 Å². The Balaban J connectivity index is 0.00000242. The number of amides is 2. The van der Waals surface area contributed by atoms with Crippen LogP contribution in [0.5, 0.6) is 5.75 Å². The van der Waals surface area contributed by atoms with Crippen molar-refractivity contribution < 1.29 is 14.3 Å². The molecule has 0 unspecified atom stereocenters. The molecule has 126 valence electrons. The van der Waals surface area contributed by atoms with Gasteiger partial charge in [0.2, 0.25) is 0 Å². The van der Waals surface area contributed by atoms with Gasteiger partial charge in [0.25, 0.3) is 11.8 Å². The van der Waals surface area contributed by atoms with Gasteiger partial charge in [0.15, 0.2) is 12.6 Å². The second kappa shape index (κ2) is 8.86. The minimum absolute atomic E-state index is 0. The van der Waals surface area contributed by atoms with Gasteiger partial charge in [0, 0.05) is 24.0 Å². The van der Waals surface area contributed by atoms with Gasteiger partial charge < -0.3 is 21.2 Å². The molecule has 2 rings (SSSR count). The van der Waals surface area contributed by atoms with Crippen molar-refractivity contribution >= 4 is 53.5 Å². The van der Waals surface area contributed by atoms with E-state index in [9.17, 15) is 9.59 Å². The van der Waals surface area contributed by atoms with Crippen LogP contribution in [0.1, 0.15) is 10.5 Å². The molecule has 0 bridgehead atoms. The molecule has 0 aliphatic heterocycles. The molecule has 1 heterocycles. The Kier molecular flexibility index (Phi) is 7.92. The number of aromatic amines is 1. The summed E-state index contributed by atoms with van der Waals surface area (Å²) in [5.74, 6) is -0.446. The van der Waals surface area contributed by atoms with Crippen LogP contribution in [0.3, 0.4) is 0 Å². The van der Waals surface area contributed by atoms with Gasteiger partial charge in [-0.2, -0.15) is 0 Å². The van der Waals surface area contributed by atoms with Crippen LogP contribution >= 0.6 is 24.8 Å². The summed E-state index contributed by atoms with van der Waals surface area (Å²) >= 11 is 0. The predicted molar refractivity (Wildman–Crippen MR) is 92.5 cm³/mol. The Hall–Kier alpha value is -2.45. The number of fused-ring (bicyclic) bond motifs is 1. The zero-order chi connectivity index (χ0) is 15.4. The van der Waals surface area contributed by atoms with Gasteiger partial charge in [-0.3, -0.25) is 19.9 Å². The molecular formula is C13H17Cl2N5O3. The van der Waals surface area contributed by atoms with E-state index in [0.29, 0.717) is 17.0 Å². The van der Waals surface area contributed by atoms with E-state index < -0.39 is 11.8 Å². The van der Waals surface area contributed by atoms with Crippen LogP contribution in [0.4, 0.5) is 0 Å². The molecule has 0 saturated heterocycles. The highest BCUT2D eigenvalue weighted by Crippen LogP contribution is 2.21. The van der Waals surface area contributed by atoms with Gasteiger partial charge in [-0.05, 0) is 18.2 Å². The fraction of sp³-hybridized carbons (Fsp3) is 0.154. The lowest BCUT2D eigenvalue weighted by Gasteiger charge is -2.02. The molecular weight excluding hydrogens is 345 g/mol. The van der Waals surface area contributed by atoms with E-state index in [1.54, 1.807) is 24.3 Å². The first-order valence-electron chi connectivity index (χ1n) is 6.07. The molecule has 0 aliphatic rings. The number of ether oxygens (including phenoxy) is 1. The quantitative estimate of drug-likeness (QED) is 0.466. The maximum absolute atomic E-state index is 11.9. The number of hydrogen-bond donors (Lipinski definition) is 4. The van der Waals surface area contributed by atoms with E-state index in [0.717, 1.165) is 5.39 Å². The maximum Gasteiger partial charge on any atom is 0.274 e. The van der Waals surface area contributed by atoms with Crippen molar-refractivity contribution in [2.24, 2.45) is 16.5 Å². The van der Waals surface area contributed by atoms with Crippen LogP contribution in [0.15, 0.2) is 29.3 Å². The molecule has 0 atom stereocenters. The summed E-state index contributed by atoms with van der Waals surface area (Å²) in [7, 11) is 1.48. The normalized spacial score (nSPS) is 10.4. The number of benzene rings is 1. The average Bonchev–Trinajstić information content (AvgIpc) is 2.88. The lowest BCUT2D eigenvalue weighted by Crippen LogP contribution is -2.36. The largest absolute Gasteiger partial charge is 0.484 e. The number of nitrogens with zero attached hydrogens (tertiary/aromatic N) is 1. The smallest absolute Gasteiger partial charge is 0.274 e. The van der Waals surface area contributed by atoms with Gasteiger partial charge in [-0.1, -0.05) is 0 Å². The number of carbonyl (C=O) groups is 2. The van der Waals surface area contributed by atoms with Crippen molar-refractivity contribution in [2.75, 3.05) is 13.7 Å². The third kappa shape index (κ3) is 5.35. The van der Waals surface area contributed by atoms with Gasteiger partial charge in [0.05, 0.1) is 0 Å². The Morgan fingerprint density at radius 1 is 1.26 bits per heavy atom. The highest BCUT2D eigenvalue weighted by atomic mass is 35.5. The Morgan fingerprint density at radius 2 is 1.96 bits per heavy atom. The standard InChI is InChI=1S/C13H15N5O3.2ClH/c1-16-13(15)18-12(20)10-4-7-2-3-8(5-9(7)17-10)21-6-11(14)19;;/h2-5,17H,6H2,1H3,(H2,14,19)(H3,15,16,18,20);2*1H. The minimum Gasteiger partial charge on any atom is -0.484 e. The highest BCUT2D eigenvalue weighted by Gasteiger charge is 2.11. The lowest BCUT2D eigenvalue weighted by molar-refractivity contribution is -0.119. The molecule has 23 heavy (non-hydrogen) atoms. The van der Waals surface area contributed by atoms with Gasteiger partial charge in [-0.15, -0.1) is 24.8 Å². The monoisotopic (exact) mass is 361 g/mol. The second-order valence-electron chi connectivity index (χ2n) is 4.25. The van der Waals surface area contributed by atoms with Crippen LogP contribution in [0.2, 0.25) is 0 Å². The highest BCUT2D eigenvalue weighted by molar-refractivity contribution is 6.06. The zero-order valence-corrected chi connectivity index (χ0v) is 13.8. The summed E-state index contributed by atoms with van der Waals surface area (Å²) < 4.78 is 5.19. The predicted octanol–water partition coefficient (Wildman–Crippen LogP) is 0.550. The average molecular weight is 362 g/mol. The second-order valence-corrected chi connectivity index (χ2v) is 4.25. The Morgan fingerprint density at radius 3 is 2.57 bits per heavy atom. The number of halogens is 2. The first kappa shape index (κ1) is 20.6. The summed E-state index contributed by atoms with van der Waals surface area (Å²) in [4.78, 5) is 29.1. The zero-order valence-electron chi connectivity index (χ0n) is 12.2. The summed E-state index contributed by atoms with van der Waals surface area (Å²) in [5, 5.41) is 3.24. The van der Waals surface area contributed by atoms with Gasteiger partial charge in [-0.25, -0.2) is 0 Å². The molecule has 10 heteroatoms. The Labute approximate surface area is 144 Å². The minimum atomic E-state index is -0.559. The van der Waals surface area contributed by atoms with Crippen LogP contribution in [-0.2, 0) is 4.79 Å². The number of hydrogen-bond acceptors (Lipinski definition) is 4. The van der Waals surface area contributed by atoms with Crippen molar-refractivity contribution in [3.05, 3.63) is 30.0 Å². The Bertz CT molecular complexity index is 729. The van der Waals surface area contributed by atoms with Crippen molar-refractivity contribution in [2.45, 2.75) is 0 Å². The first-order valence-corrected chi connectivity index (χ1v) is 6.07. The SMILES string of the molecule is CN=C(N)NC(=O)c1cc2ccc(OCC(N)=O)cc2[nH]1.Cl.Cl. The summed E-state index contributed by atoms with van der Waals surface area (Å²) in [6, 6.07) is 6.79. The van der Waals surface area contributed by atoms with E-state index in [2.05, 4.69) is 15.3 Å². The van der Waals surface area contributed by atoms with Crippen LogP contribution in [0, 0.1) is 0 Å². The molecule has 2 amide bonds. The van der Waals surface area contributed by atoms with Crippen molar-refractivity contribution in [3.8, 4) is 5.75 Å². The molecule has 2 aromatic rings. The molecule has 6 N–H and O–H groups in total. The number of guanidine groups is 1. The van der Waals surface area contributed by atoms with E-state index in [1.165, 1.54) is 7.05 Å². The molecule has 0 fully saturated rings.